The summed E-state index contributed by atoms with van der Waals surface area (Å²) in [6.07, 6.45) is 1.98. The summed E-state index contributed by atoms with van der Waals surface area (Å²) in [6.45, 7) is 10.6. The molecule has 4 heteroatoms. The average molecular weight is 236 g/mol. The fraction of sp³-hybridized carbons (Fsp3) is 0.692. The summed E-state index contributed by atoms with van der Waals surface area (Å²) < 4.78 is 0. The zero-order valence-electron chi connectivity index (χ0n) is 11.5. The van der Waals surface area contributed by atoms with E-state index in [-0.39, 0.29) is 0 Å². The van der Waals surface area contributed by atoms with E-state index in [2.05, 4.69) is 55.2 Å². The number of nitrogens with zero attached hydrogens (tertiary/aromatic N) is 2. The number of hydrogen-bond donors (Lipinski definition) is 2. The summed E-state index contributed by atoms with van der Waals surface area (Å²) in [5.74, 6) is 2.71. The van der Waals surface area contributed by atoms with E-state index >= 15 is 0 Å². The van der Waals surface area contributed by atoms with Gasteiger partial charge in [0.2, 0.25) is 0 Å². The SMILES string of the molecule is CCCc1nc(NC(C)C)cc(NC(C)C)n1. The van der Waals surface area contributed by atoms with Gasteiger partial charge < -0.3 is 10.6 Å². The van der Waals surface area contributed by atoms with Gasteiger partial charge in [-0.15, -0.1) is 0 Å². The monoisotopic (exact) mass is 236 g/mol. The Morgan fingerprint density at radius 3 is 1.82 bits per heavy atom. The summed E-state index contributed by atoms with van der Waals surface area (Å²) in [7, 11) is 0. The average Bonchev–Trinajstić information content (AvgIpc) is 2.14. The predicted molar refractivity (Wildman–Crippen MR) is 73.5 cm³/mol. The molecule has 17 heavy (non-hydrogen) atoms. The number of nitrogens with one attached hydrogen (secondary N) is 2. The minimum atomic E-state index is 0.381. The van der Waals surface area contributed by atoms with Gasteiger partial charge in [-0.3, -0.25) is 0 Å². The van der Waals surface area contributed by atoms with E-state index < -0.39 is 0 Å². The molecule has 0 aliphatic carbocycles. The lowest BCUT2D eigenvalue weighted by atomic mass is 10.3. The molecule has 1 aromatic rings. The summed E-state index contributed by atoms with van der Waals surface area (Å²) >= 11 is 0. The lowest BCUT2D eigenvalue weighted by Gasteiger charge is -2.14. The van der Waals surface area contributed by atoms with Crippen LogP contribution in [0.4, 0.5) is 11.6 Å². The maximum atomic E-state index is 4.51. The number of rotatable bonds is 6. The summed E-state index contributed by atoms with van der Waals surface area (Å²) in [4.78, 5) is 9.02. The molecule has 0 aromatic carbocycles. The second kappa shape index (κ2) is 6.42. The molecule has 0 saturated carbocycles. The molecule has 0 radical (unpaired) electrons. The van der Waals surface area contributed by atoms with Crippen LogP contribution in [0.2, 0.25) is 0 Å². The van der Waals surface area contributed by atoms with E-state index in [1.54, 1.807) is 0 Å². The van der Waals surface area contributed by atoms with Crippen molar-refractivity contribution >= 4 is 11.6 Å². The third kappa shape index (κ3) is 5.02. The highest BCUT2D eigenvalue weighted by Gasteiger charge is 2.06. The predicted octanol–water partition coefficient (Wildman–Crippen LogP) is 3.07. The number of aromatic nitrogens is 2. The van der Waals surface area contributed by atoms with Crippen LogP contribution in [0, 0.1) is 0 Å². The minimum absolute atomic E-state index is 0.381. The minimum Gasteiger partial charge on any atom is -0.368 e. The van der Waals surface area contributed by atoms with Gasteiger partial charge in [0.1, 0.15) is 17.5 Å². The Morgan fingerprint density at radius 1 is 1.00 bits per heavy atom. The van der Waals surface area contributed by atoms with Crippen LogP contribution < -0.4 is 10.6 Å². The van der Waals surface area contributed by atoms with Crippen molar-refractivity contribution in [2.45, 2.75) is 59.5 Å². The molecule has 0 aliphatic heterocycles. The van der Waals surface area contributed by atoms with Crippen molar-refractivity contribution in [2.24, 2.45) is 0 Å². The van der Waals surface area contributed by atoms with Crippen molar-refractivity contribution in [1.82, 2.24) is 9.97 Å². The van der Waals surface area contributed by atoms with Crippen LogP contribution in [0.15, 0.2) is 6.07 Å². The number of aryl methyl sites for hydroxylation is 1. The van der Waals surface area contributed by atoms with Gasteiger partial charge in [0.15, 0.2) is 0 Å². The van der Waals surface area contributed by atoms with Crippen molar-refractivity contribution in [3.63, 3.8) is 0 Å². The Kier molecular flexibility index (Phi) is 5.19. The van der Waals surface area contributed by atoms with Crippen molar-refractivity contribution in [3.05, 3.63) is 11.9 Å². The molecule has 0 unspecified atom stereocenters. The lowest BCUT2D eigenvalue weighted by molar-refractivity contribution is 0.813. The Hall–Kier alpha value is -1.32. The van der Waals surface area contributed by atoms with Crippen molar-refractivity contribution < 1.29 is 0 Å². The van der Waals surface area contributed by atoms with Gasteiger partial charge in [-0.25, -0.2) is 9.97 Å². The van der Waals surface area contributed by atoms with Gasteiger partial charge >= 0.3 is 0 Å². The molecule has 4 nitrogen and oxygen atoms in total. The zero-order chi connectivity index (χ0) is 12.8. The molecular weight excluding hydrogens is 212 g/mol. The molecule has 2 N–H and O–H groups in total. The highest BCUT2D eigenvalue weighted by atomic mass is 15.1. The van der Waals surface area contributed by atoms with Crippen molar-refractivity contribution in [2.75, 3.05) is 10.6 Å². The van der Waals surface area contributed by atoms with Crippen LogP contribution in [0.25, 0.3) is 0 Å². The van der Waals surface area contributed by atoms with E-state index in [4.69, 9.17) is 0 Å². The van der Waals surface area contributed by atoms with E-state index in [1.807, 2.05) is 6.07 Å². The molecule has 0 bridgehead atoms. The normalized spacial score (nSPS) is 11.0. The summed E-state index contributed by atoms with van der Waals surface area (Å²) in [6, 6.07) is 2.73. The topological polar surface area (TPSA) is 49.8 Å². The molecule has 1 rings (SSSR count). The molecule has 0 aliphatic rings. The first-order valence-electron chi connectivity index (χ1n) is 6.42. The van der Waals surface area contributed by atoms with E-state index in [9.17, 15) is 0 Å². The third-order valence-corrected chi connectivity index (χ3v) is 2.12. The van der Waals surface area contributed by atoms with Crippen LogP contribution in [0.5, 0.6) is 0 Å². The Balaban J connectivity index is 2.91. The maximum Gasteiger partial charge on any atom is 0.133 e. The highest BCUT2D eigenvalue weighted by Crippen LogP contribution is 2.14. The van der Waals surface area contributed by atoms with E-state index in [0.29, 0.717) is 12.1 Å². The van der Waals surface area contributed by atoms with Crippen molar-refractivity contribution in [1.29, 1.82) is 0 Å². The quantitative estimate of drug-likeness (QED) is 0.797. The van der Waals surface area contributed by atoms with Crippen LogP contribution >= 0.6 is 0 Å². The molecule has 96 valence electrons. The molecule has 0 atom stereocenters. The molecule has 1 aromatic heterocycles. The summed E-state index contributed by atoms with van der Waals surface area (Å²) in [5, 5.41) is 6.65. The van der Waals surface area contributed by atoms with E-state index in [1.165, 1.54) is 0 Å². The number of hydrogen-bond acceptors (Lipinski definition) is 4. The smallest absolute Gasteiger partial charge is 0.133 e. The van der Waals surface area contributed by atoms with Crippen LogP contribution in [-0.4, -0.2) is 22.1 Å². The van der Waals surface area contributed by atoms with Crippen LogP contribution in [0.1, 0.15) is 46.9 Å². The molecule has 0 amide bonds. The molecule has 1 heterocycles. The maximum absolute atomic E-state index is 4.51. The standard InChI is InChI=1S/C13H24N4/c1-6-7-11-16-12(14-9(2)3)8-13(17-11)15-10(4)5/h8-10H,6-7H2,1-5H3,(H2,14,15,16,17). The fourth-order valence-electron chi connectivity index (χ4n) is 1.57. The zero-order valence-corrected chi connectivity index (χ0v) is 11.5. The molecule has 0 saturated heterocycles. The Bertz CT molecular complexity index is 319. The van der Waals surface area contributed by atoms with Gasteiger partial charge in [0.25, 0.3) is 0 Å². The Morgan fingerprint density at radius 2 is 1.47 bits per heavy atom. The van der Waals surface area contributed by atoms with Gasteiger partial charge in [-0.05, 0) is 34.1 Å². The van der Waals surface area contributed by atoms with Crippen LogP contribution in [0.3, 0.4) is 0 Å². The lowest BCUT2D eigenvalue weighted by Crippen LogP contribution is -2.16. The third-order valence-electron chi connectivity index (χ3n) is 2.12. The second-order valence-electron chi connectivity index (χ2n) is 4.90. The molecule has 0 spiro atoms. The van der Waals surface area contributed by atoms with Gasteiger partial charge in [-0.2, -0.15) is 0 Å². The number of anilines is 2. The second-order valence-corrected chi connectivity index (χ2v) is 4.90. The highest BCUT2D eigenvalue weighted by molar-refractivity contribution is 5.48. The first kappa shape index (κ1) is 13.7. The fourth-order valence-corrected chi connectivity index (χ4v) is 1.57. The largest absolute Gasteiger partial charge is 0.368 e. The van der Waals surface area contributed by atoms with Gasteiger partial charge in [0.05, 0.1) is 0 Å². The first-order chi connectivity index (χ1) is 8.01. The molecule has 0 fully saturated rings. The van der Waals surface area contributed by atoms with E-state index in [0.717, 1.165) is 30.3 Å². The summed E-state index contributed by atoms with van der Waals surface area (Å²) in [5.41, 5.74) is 0. The first-order valence-corrected chi connectivity index (χ1v) is 6.42. The van der Waals surface area contributed by atoms with Gasteiger partial charge in [0, 0.05) is 24.6 Å². The van der Waals surface area contributed by atoms with Crippen molar-refractivity contribution in [3.8, 4) is 0 Å². The molecular formula is C13H24N4. The Labute approximate surface area is 104 Å². The van der Waals surface area contributed by atoms with Gasteiger partial charge in [-0.1, -0.05) is 6.92 Å². The van der Waals surface area contributed by atoms with Crippen LogP contribution in [-0.2, 0) is 6.42 Å².